The summed E-state index contributed by atoms with van der Waals surface area (Å²) in [5, 5.41) is 13.5. The molecular formula is C24H26ClFN4O3. The highest BCUT2D eigenvalue weighted by Gasteiger charge is 2.20. The molecule has 0 aliphatic carbocycles. The number of carbonyl (C=O) groups is 2. The molecule has 1 aromatic heterocycles. The molecule has 1 amide bonds. The molecule has 0 unspecified atom stereocenters. The first kappa shape index (κ1) is 23.1. The Bertz CT molecular complexity index is 1140. The molecule has 1 fully saturated rings. The molecule has 0 atom stereocenters. The van der Waals surface area contributed by atoms with Crippen molar-refractivity contribution < 1.29 is 19.1 Å². The Morgan fingerprint density at radius 3 is 2.52 bits per heavy atom. The second kappa shape index (κ2) is 10.2. The molecule has 1 aliphatic heterocycles. The minimum atomic E-state index is -1.11. The van der Waals surface area contributed by atoms with E-state index in [1.54, 1.807) is 30.3 Å². The molecule has 0 bridgehead atoms. The van der Waals surface area contributed by atoms with E-state index < -0.39 is 5.97 Å². The molecule has 3 aromatic rings. The summed E-state index contributed by atoms with van der Waals surface area (Å²) in [4.78, 5) is 31.5. The van der Waals surface area contributed by atoms with Gasteiger partial charge in [-0.1, -0.05) is 11.6 Å². The number of piperazine rings is 1. The third kappa shape index (κ3) is 5.64. The van der Waals surface area contributed by atoms with Gasteiger partial charge < -0.3 is 20.3 Å². The number of carboxylic acid groups (broad SMARTS) is 1. The van der Waals surface area contributed by atoms with Gasteiger partial charge in [0.25, 0.3) is 0 Å². The van der Waals surface area contributed by atoms with Crippen molar-refractivity contribution in [3.8, 4) is 0 Å². The molecule has 3 N–H and O–H groups in total. The summed E-state index contributed by atoms with van der Waals surface area (Å²) in [6.07, 6.45) is 0.770. The number of aromatic amines is 1. The molecule has 0 saturated carbocycles. The minimum Gasteiger partial charge on any atom is -0.477 e. The van der Waals surface area contributed by atoms with Gasteiger partial charge in [0.2, 0.25) is 5.91 Å². The Labute approximate surface area is 196 Å². The zero-order chi connectivity index (χ0) is 23.4. The van der Waals surface area contributed by atoms with Gasteiger partial charge in [-0.05, 0) is 55.4 Å². The van der Waals surface area contributed by atoms with E-state index in [4.69, 9.17) is 11.6 Å². The molecule has 2 heterocycles. The van der Waals surface area contributed by atoms with Crippen molar-refractivity contribution in [3.63, 3.8) is 0 Å². The lowest BCUT2D eigenvalue weighted by atomic mass is 10.1. The highest BCUT2D eigenvalue weighted by molar-refractivity contribution is 6.31. The molecule has 1 aliphatic rings. The Kier molecular flexibility index (Phi) is 7.15. The van der Waals surface area contributed by atoms with E-state index in [9.17, 15) is 19.1 Å². The molecule has 0 spiro atoms. The van der Waals surface area contributed by atoms with Gasteiger partial charge >= 0.3 is 5.97 Å². The number of hydrogen-bond donors (Lipinski definition) is 3. The van der Waals surface area contributed by atoms with Gasteiger partial charge in [0.1, 0.15) is 11.5 Å². The third-order valence-corrected chi connectivity index (χ3v) is 6.19. The van der Waals surface area contributed by atoms with Crippen LogP contribution >= 0.6 is 11.6 Å². The lowest BCUT2D eigenvalue weighted by Gasteiger charge is -2.36. The van der Waals surface area contributed by atoms with Gasteiger partial charge in [-0.3, -0.25) is 9.69 Å². The number of benzene rings is 2. The highest BCUT2D eigenvalue weighted by atomic mass is 35.5. The number of anilines is 1. The van der Waals surface area contributed by atoms with Crippen LogP contribution in [0.1, 0.15) is 22.5 Å². The number of aromatic nitrogens is 1. The van der Waals surface area contributed by atoms with Crippen LogP contribution in [0.5, 0.6) is 0 Å². The lowest BCUT2D eigenvalue weighted by Crippen LogP contribution is -2.47. The predicted molar refractivity (Wildman–Crippen MR) is 127 cm³/mol. The van der Waals surface area contributed by atoms with Gasteiger partial charge in [-0.25, -0.2) is 9.18 Å². The molecule has 7 nitrogen and oxygen atoms in total. The van der Waals surface area contributed by atoms with Crippen LogP contribution < -0.4 is 10.2 Å². The van der Waals surface area contributed by atoms with Gasteiger partial charge in [0.15, 0.2) is 0 Å². The fraction of sp³-hybridized carbons (Fsp3) is 0.333. The normalized spacial score (nSPS) is 14.5. The van der Waals surface area contributed by atoms with Crippen LogP contribution in [-0.4, -0.2) is 66.1 Å². The van der Waals surface area contributed by atoms with Crippen LogP contribution in [0.3, 0.4) is 0 Å². The van der Waals surface area contributed by atoms with Gasteiger partial charge in [0, 0.05) is 59.9 Å². The van der Waals surface area contributed by atoms with E-state index in [1.165, 1.54) is 12.1 Å². The Morgan fingerprint density at radius 1 is 1.09 bits per heavy atom. The first-order chi connectivity index (χ1) is 15.9. The monoisotopic (exact) mass is 472 g/mol. The minimum absolute atomic E-state index is 0.0152. The van der Waals surface area contributed by atoms with E-state index >= 15 is 0 Å². The summed E-state index contributed by atoms with van der Waals surface area (Å²) < 4.78 is 13.1. The molecule has 9 heteroatoms. The van der Waals surface area contributed by atoms with Crippen molar-refractivity contribution in [1.82, 2.24) is 15.2 Å². The van der Waals surface area contributed by atoms with Crippen LogP contribution in [0, 0.1) is 5.82 Å². The first-order valence-corrected chi connectivity index (χ1v) is 11.3. The maximum absolute atomic E-state index is 13.1. The second-order valence-electron chi connectivity index (χ2n) is 8.16. The number of rotatable bonds is 8. The molecule has 0 radical (unpaired) electrons. The summed E-state index contributed by atoms with van der Waals surface area (Å²) in [6.45, 7) is 4.94. The molecule has 33 heavy (non-hydrogen) atoms. The van der Waals surface area contributed by atoms with Crippen LogP contribution in [0.2, 0.25) is 5.02 Å². The van der Waals surface area contributed by atoms with Gasteiger partial charge in [0.05, 0.1) is 6.42 Å². The second-order valence-corrected chi connectivity index (χ2v) is 8.60. The van der Waals surface area contributed by atoms with E-state index in [0.29, 0.717) is 28.0 Å². The number of H-pyrrole nitrogens is 1. The van der Waals surface area contributed by atoms with Crippen LogP contribution in [0.4, 0.5) is 10.1 Å². The Balaban J connectivity index is 1.23. The predicted octanol–water partition coefficient (Wildman–Crippen LogP) is 3.53. The topological polar surface area (TPSA) is 88.7 Å². The molecule has 4 rings (SSSR count). The van der Waals surface area contributed by atoms with Crippen LogP contribution in [0.15, 0.2) is 42.5 Å². The van der Waals surface area contributed by atoms with Gasteiger partial charge in [-0.15, -0.1) is 0 Å². The summed E-state index contributed by atoms with van der Waals surface area (Å²) >= 11 is 6.06. The number of fused-ring (bicyclic) bond motifs is 1. The zero-order valence-electron chi connectivity index (χ0n) is 18.1. The van der Waals surface area contributed by atoms with Crippen molar-refractivity contribution in [2.75, 3.05) is 44.2 Å². The number of hydrogen-bond acceptors (Lipinski definition) is 4. The number of halogens is 2. The van der Waals surface area contributed by atoms with Crippen molar-refractivity contribution >= 4 is 40.1 Å². The largest absolute Gasteiger partial charge is 0.477 e. The fourth-order valence-electron chi connectivity index (χ4n) is 4.22. The maximum Gasteiger partial charge on any atom is 0.352 e. The number of nitrogens with zero attached hydrogens (tertiary/aromatic N) is 2. The van der Waals surface area contributed by atoms with Crippen molar-refractivity contribution in [1.29, 1.82) is 0 Å². The molecular weight excluding hydrogens is 447 g/mol. The highest BCUT2D eigenvalue weighted by Crippen LogP contribution is 2.26. The first-order valence-electron chi connectivity index (χ1n) is 10.9. The van der Waals surface area contributed by atoms with E-state index in [2.05, 4.69) is 20.1 Å². The van der Waals surface area contributed by atoms with Crippen LogP contribution in [0.25, 0.3) is 10.9 Å². The Hall–Kier alpha value is -3.10. The summed E-state index contributed by atoms with van der Waals surface area (Å²) in [5.74, 6) is -1.56. The summed E-state index contributed by atoms with van der Waals surface area (Å²) in [7, 11) is 0. The number of nitrogens with one attached hydrogen (secondary N) is 2. The third-order valence-electron chi connectivity index (χ3n) is 5.96. The summed E-state index contributed by atoms with van der Waals surface area (Å²) in [5.41, 5.74) is 2.12. The van der Waals surface area contributed by atoms with E-state index in [1.807, 2.05) is 0 Å². The van der Waals surface area contributed by atoms with E-state index in [-0.39, 0.29) is 23.8 Å². The smallest absolute Gasteiger partial charge is 0.352 e. The number of carboxylic acids is 1. The Morgan fingerprint density at radius 2 is 1.82 bits per heavy atom. The molecule has 2 aromatic carbocycles. The fourth-order valence-corrected chi connectivity index (χ4v) is 4.39. The number of carbonyl (C=O) groups excluding carboxylic acids is 1. The average Bonchev–Trinajstić information content (AvgIpc) is 3.15. The standard InChI is InChI=1S/C24H26ClFN4O3/c25-16-2-7-21-19(14-16)20(23(28-21)24(32)33)15-22(31)27-8-1-9-29-10-12-30(13-11-29)18-5-3-17(26)4-6-18/h2-7,14,28H,1,8-13,15H2,(H,27,31)(H,32,33). The van der Waals surface area contributed by atoms with E-state index in [0.717, 1.165) is 44.8 Å². The van der Waals surface area contributed by atoms with Crippen molar-refractivity contribution in [2.24, 2.45) is 0 Å². The van der Waals surface area contributed by atoms with Gasteiger partial charge in [-0.2, -0.15) is 0 Å². The quantitative estimate of drug-likeness (QED) is 0.436. The molecule has 1 saturated heterocycles. The maximum atomic E-state index is 13.1. The summed E-state index contributed by atoms with van der Waals surface area (Å²) in [6, 6.07) is 11.6. The van der Waals surface area contributed by atoms with Crippen molar-refractivity contribution in [2.45, 2.75) is 12.8 Å². The number of amides is 1. The lowest BCUT2D eigenvalue weighted by molar-refractivity contribution is -0.120. The zero-order valence-corrected chi connectivity index (χ0v) is 18.9. The number of aromatic carboxylic acids is 1. The average molecular weight is 473 g/mol. The SMILES string of the molecule is O=C(Cc1c(C(=O)O)[nH]c2ccc(Cl)cc12)NCCCN1CCN(c2ccc(F)cc2)CC1. The molecule has 174 valence electrons. The van der Waals surface area contributed by atoms with Crippen molar-refractivity contribution in [3.05, 3.63) is 64.6 Å². The van der Waals surface area contributed by atoms with Crippen LogP contribution in [-0.2, 0) is 11.2 Å².